The number of carbonyl (C=O) groups excluding carboxylic acids is 1. The number of piperidine rings is 1. The Morgan fingerprint density at radius 1 is 1.19 bits per heavy atom. The summed E-state index contributed by atoms with van der Waals surface area (Å²) in [5.41, 5.74) is 8.15. The molecule has 0 aliphatic carbocycles. The fraction of sp³-hybridized carbons (Fsp3) is 0.632. The van der Waals surface area contributed by atoms with Crippen molar-refractivity contribution in [2.75, 3.05) is 38.6 Å². The Labute approximate surface area is 168 Å². The van der Waals surface area contributed by atoms with Gasteiger partial charge in [-0.25, -0.2) is 0 Å². The van der Waals surface area contributed by atoms with E-state index in [4.69, 9.17) is 10.5 Å². The van der Waals surface area contributed by atoms with Crippen LogP contribution in [0.3, 0.4) is 0 Å². The van der Waals surface area contributed by atoms with E-state index in [9.17, 15) is 4.79 Å². The Morgan fingerprint density at radius 2 is 1.85 bits per heavy atom. The second-order valence-corrected chi connectivity index (χ2v) is 7.14. The van der Waals surface area contributed by atoms with Crippen LogP contribution in [0.2, 0.25) is 0 Å². The third-order valence-corrected chi connectivity index (χ3v) is 5.53. The number of nitrogens with zero attached hydrogens (tertiary/aromatic N) is 1. The largest absolute Gasteiger partial charge is 0.399 e. The molecule has 0 aromatic heterocycles. The van der Waals surface area contributed by atoms with Crippen LogP contribution in [0, 0.1) is 6.92 Å². The number of amides is 1. The average molecular weight is 404 g/mol. The molecule has 0 unspecified atom stereocenters. The fourth-order valence-electron chi connectivity index (χ4n) is 3.95. The lowest BCUT2D eigenvalue weighted by molar-refractivity contribution is -0.0349. The van der Waals surface area contributed by atoms with E-state index in [2.05, 4.69) is 10.2 Å². The van der Waals surface area contributed by atoms with Gasteiger partial charge < -0.3 is 15.8 Å². The molecule has 3 N–H and O–H groups in total. The number of nitrogens with one attached hydrogen (secondary N) is 1. The van der Waals surface area contributed by atoms with Gasteiger partial charge in [0.25, 0.3) is 5.91 Å². The van der Waals surface area contributed by atoms with E-state index in [-0.39, 0.29) is 36.3 Å². The van der Waals surface area contributed by atoms with Crippen LogP contribution in [0.1, 0.15) is 48.0 Å². The van der Waals surface area contributed by atoms with Crippen LogP contribution in [0.25, 0.3) is 0 Å². The molecule has 148 valence electrons. The van der Waals surface area contributed by atoms with E-state index < -0.39 is 0 Å². The van der Waals surface area contributed by atoms with Crippen molar-refractivity contribution in [3.8, 4) is 0 Å². The molecule has 2 saturated heterocycles. The van der Waals surface area contributed by atoms with Crippen LogP contribution >= 0.6 is 24.8 Å². The third kappa shape index (κ3) is 5.26. The maximum absolute atomic E-state index is 12.7. The molecule has 1 aromatic carbocycles. The van der Waals surface area contributed by atoms with Crippen molar-refractivity contribution < 1.29 is 9.53 Å². The summed E-state index contributed by atoms with van der Waals surface area (Å²) < 4.78 is 5.59. The van der Waals surface area contributed by atoms with Crippen LogP contribution < -0.4 is 11.1 Å². The number of nitrogens with two attached hydrogens (primary N) is 1. The van der Waals surface area contributed by atoms with Crippen LogP contribution in [0.4, 0.5) is 5.69 Å². The van der Waals surface area contributed by atoms with E-state index in [1.807, 2.05) is 19.1 Å². The average Bonchev–Trinajstić information content (AvgIpc) is 2.63. The maximum atomic E-state index is 12.7. The van der Waals surface area contributed by atoms with E-state index >= 15 is 0 Å². The number of rotatable bonds is 4. The minimum atomic E-state index is -0.0253. The number of hydrogen-bond acceptors (Lipinski definition) is 4. The molecule has 26 heavy (non-hydrogen) atoms. The number of benzene rings is 1. The highest BCUT2D eigenvalue weighted by molar-refractivity contribution is 5.96. The minimum absolute atomic E-state index is 0. The molecule has 7 heteroatoms. The van der Waals surface area contributed by atoms with Gasteiger partial charge in [-0.2, -0.15) is 0 Å². The highest BCUT2D eigenvalue weighted by Gasteiger charge is 2.39. The molecular weight excluding hydrogens is 373 g/mol. The number of likely N-dealkylation sites (tertiary alicyclic amines) is 1. The summed E-state index contributed by atoms with van der Waals surface area (Å²) in [6.07, 6.45) is 5.81. The van der Waals surface area contributed by atoms with Gasteiger partial charge in [-0.15, -0.1) is 24.8 Å². The highest BCUT2D eigenvalue weighted by Crippen LogP contribution is 2.30. The zero-order chi connectivity index (χ0) is 17.0. The molecule has 2 aliphatic rings. The van der Waals surface area contributed by atoms with Gasteiger partial charge in [0, 0.05) is 36.5 Å². The lowest BCUT2D eigenvalue weighted by Gasteiger charge is -2.48. The van der Waals surface area contributed by atoms with Crippen LogP contribution in [0.15, 0.2) is 18.2 Å². The first-order chi connectivity index (χ1) is 11.6. The SMILES string of the molecule is Cc1ccc(N)cc1C(=O)NCC1(N2CCCCC2)CCOCC1.Cl.Cl. The second-order valence-electron chi connectivity index (χ2n) is 7.14. The second kappa shape index (κ2) is 10.4. The number of nitrogen functional groups attached to an aromatic ring is 1. The van der Waals surface area contributed by atoms with E-state index in [0.717, 1.165) is 44.7 Å². The summed E-state index contributed by atoms with van der Waals surface area (Å²) in [6.45, 7) is 6.46. The predicted octanol–water partition coefficient (Wildman–Crippen LogP) is 3.19. The van der Waals surface area contributed by atoms with Gasteiger partial charge >= 0.3 is 0 Å². The van der Waals surface area contributed by atoms with Gasteiger partial charge in [0.1, 0.15) is 0 Å². The molecule has 2 fully saturated rings. The Bertz CT molecular complexity index is 586. The van der Waals surface area contributed by atoms with Crippen molar-refractivity contribution in [2.24, 2.45) is 0 Å². The van der Waals surface area contributed by atoms with Crippen molar-refractivity contribution in [3.05, 3.63) is 29.3 Å². The van der Waals surface area contributed by atoms with E-state index in [0.29, 0.717) is 17.8 Å². The topological polar surface area (TPSA) is 67.6 Å². The van der Waals surface area contributed by atoms with Crippen molar-refractivity contribution in [1.29, 1.82) is 0 Å². The third-order valence-electron chi connectivity index (χ3n) is 5.53. The molecule has 2 aliphatic heterocycles. The first-order valence-corrected chi connectivity index (χ1v) is 9.08. The molecule has 3 rings (SSSR count). The first-order valence-electron chi connectivity index (χ1n) is 9.08. The monoisotopic (exact) mass is 403 g/mol. The fourth-order valence-corrected chi connectivity index (χ4v) is 3.95. The van der Waals surface area contributed by atoms with Crippen LogP contribution in [0.5, 0.6) is 0 Å². The van der Waals surface area contributed by atoms with Crippen LogP contribution in [-0.4, -0.2) is 49.2 Å². The van der Waals surface area contributed by atoms with Crippen molar-refractivity contribution in [3.63, 3.8) is 0 Å². The number of carbonyl (C=O) groups is 1. The Morgan fingerprint density at radius 3 is 2.50 bits per heavy atom. The lowest BCUT2D eigenvalue weighted by atomic mass is 9.86. The van der Waals surface area contributed by atoms with Crippen LogP contribution in [-0.2, 0) is 4.74 Å². The summed E-state index contributed by atoms with van der Waals surface area (Å²) in [4.78, 5) is 15.3. The maximum Gasteiger partial charge on any atom is 0.251 e. The van der Waals surface area contributed by atoms with Crippen molar-refractivity contribution in [2.45, 2.75) is 44.6 Å². The minimum Gasteiger partial charge on any atom is -0.399 e. The molecule has 0 saturated carbocycles. The van der Waals surface area contributed by atoms with E-state index in [1.165, 1.54) is 19.3 Å². The summed E-state index contributed by atoms with van der Waals surface area (Å²) >= 11 is 0. The molecule has 5 nitrogen and oxygen atoms in total. The number of hydrogen-bond donors (Lipinski definition) is 2. The Balaban J connectivity index is 0.00000169. The molecule has 0 atom stereocenters. The highest BCUT2D eigenvalue weighted by atomic mass is 35.5. The van der Waals surface area contributed by atoms with Gasteiger partial charge in [0.2, 0.25) is 0 Å². The van der Waals surface area contributed by atoms with Gasteiger partial charge in [-0.1, -0.05) is 12.5 Å². The number of ether oxygens (including phenoxy) is 1. The predicted molar refractivity (Wildman–Crippen MR) is 111 cm³/mol. The van der Waals surface area contributed by atoms with E-state index in [1.54, 1.807) is 6.07 Å². The molecule has 0 spiro atoms. The standard InChI is InChI=1S/C19H29N3O2.2ClH/c1-15-5-6-16(20)13-17(15)18(23)21-14-19(7-11-24-12-8-19)22-9-3-2-4-10-22;;/h5-6,13H,2-4,7-12,14,20H2,1H3,(H,21,23);2*1H. The van der Waals surface area contributed by atoms with Crippen molar-refractivity contribution >= 4 is 36.4 Å². The summed E-state index contributed by atoms with van der Waals surface area (Å²) in [6, 6.07) is 5.50. The summed E-state index contributed by atoms with van der Waals surface area (Å²) in [7, 11) is 0. The first kappa shape index (κ1) is 23.0. The quantitative estimate of drug-likeness (QED) is 0.757. The Kier molecular flexibility index (Phi) is 9.17. The van der Waals surface area contributed by atoms with Crippen molar-refractivity contribution in [1.82, 2.24) is 10.2 Å². The van der Waals surface area contributed by atoms with Gasteiger partial charge in [-0.05, 0) is 63.4 Å². The smallest absolute Gasteiger partial charge is 0.251 e. The normalized spacial score (nSPS) is 19.7. The Hall–Kier alpha value is -1.01. The molecule has 1 amide bonds. The van der Waals surface area contributed by atoms with Gasteiger partial charge in [-0.3, -0.25) is 9.69 Å². The zero-order valence-electron chi connectivity index (χ0n) is 15.5. The molecule has 1 aromatic rings. The molecule has 2 heterocycles. The lowest BCUT2D eigenvalue weighted by Crippen LogP contribution is -2.59. The number of halogens is 2. The van der Waals surface area contributed by atoms with Gasteiger partial charge in [0.15, 0.2) is 0 Å². The summed E-state index contributed by atoms with van der Waals surface area (Å²) in [5.74, 6) is -0.0253. The molecule has 0 bridgehead atoms. The summed E-state index contributed by atoms with van der Waals surface area (Å²) in [5, 5.41) is 3.18. The number of aryl methyl sites for hydroxylation is 1. The molecular formula is C19H31Cl2N3O2. The number of anilines is 1. The molecule has 0 radical (unpaired) electrons. The zero-order valence-corrected chi connectivity index (χ0v) is 17.1. The van der Waals surface area contributed by atoms with Gasteiger partial charge in [0.05, 0.1) is 0 Å².